The van der Waals surface area contributed by atoms with Gasteiger partial charge in [0, 0.05) is 19.1 Å². The van der Waals surface area contributed by atoms with Crippen molar-refractivity contribution in [3.05, 3.63) is 0 Å². The van der Waals surface area contributed by atoms with Gasteiger partial charge in [0.1, 0.15) is 0 Å². The molecule has 0 radical (unpaired) electrons. The zero-order valence-corrected chi connectivity index (χ0v) is 9.77. The highest BCUT2D eigenvalue weighted by Crippen LogP contribution is 1.93. The Hall–Kier alpha value is -0.0800. The zero-order chi connectivity index (χ0) is 10.1. The lowest BCUT2D eigenvalue weighted by Gasteiger charge is -2.20. The molecule has 0 spiro atoms. The summed E-state index contributed by atoms with van der Waals surface area (Å²) in [6.07, 6.45) is 2.63. The van der Waals surface area contributed by atoms with Gasteiger partial charge in [0.2, 0.25) is 0 Å². The molecule has 0 aliphatic carbocycles. The van der Waals surface area contributed by atoms with Gasteiger partial charge in [-0.15, -0.1) is 0 Å². The number of unbranched alkanes of at least 4 members (excludes halogenated alkanes) is 1. The second-order valence-corrected chi connectivity index (χ2v) is 3.90. The quantitative estimate of drug-likeness (QED) is 0.624. The molecule has 2 heteroatoms. The summed E-state index contributed by atoms with van der Waals surface area (Å²) in [6.45, 7) is 13.6. The molecule has 0 aromatic rings. The standard InChI is InChI=1S/C11H26N2/c1-5-7-9-13(6-2)10-8-12-11(3)4/h11-12H,5-10H2,1-4H3. The topological polar surface area (TPSA) is 15.3 Å². The predicted molar refractivity (Wildman–Crippen MR) is 60.2 cm³/mol. The summed E-state index contributed by atoms with van der Waals surface area (Å²) in [6, 6.07) is 0.616. The van der Waals surface area contributed by atoms with E-state index in [1.54, 1.807) is 0 Å². The highest BCUT2D eigenvalue weighted by atomic mass is 15.1. The highest BCUT2D eigenvalue weighted by molar-refractivity contribution is 4.59. The van der Waals surface area contributed by atoms with Gasteiger partial charge in [-0.05, 0) is 19.5 Å². The van der Waals surface area contributed by atoms with Crippen molar-refractivity contribution in [1.82, 2.24) is 10.2 Å². The van der Waals surface area contributed by atoms with Crippen LogP contribution >= 0.6 is 0 Å². The first-order valence-electron chi connectivity index (χ1n) is 5.66. The van der Waals surface area contributed by atoms with E-state index in [2.05, 4.69) is 37.9 Å². The van der Waals surface area contributed by atoms with Crippen LogP contribution in [-0.2, 0) is 0 Å². The summed E-state index contributed by atoms with van der Waals surface area (Å²) in [4.78, 5) is 2.51. The van der Waals surface area contributed by atoms with Crippen molar-refractivity contribution in [3.8, 4) is 0 Å². The lowest BCUT2D eigenvalue weighted by atomic mass is 10.3. The van der Waals surface area contributed by atoms with Crippen molar-refractivity contribution in [2.24, 2.45) is 0 Å². The van der Waals surface area contributed by atoms with Crippen LogP contribution in [0.3, 0.4) is 0 Å². The van der Waals surface area contributed by atoms with E-state index in [0.717, 1.165) is 6.54 Å². The van der Waals surface area contributed by atoms with Gasteiger partial charge in [-0.2, -0.15) is 0 Å². The number of rotatable bonds is 8. The molecule has 0 bridgehead atoms. The number of nitrogens with zero attached hydrogens (tertiary/aromatic N) is 1. The van der Waals surface area contributed by atoms with Crippen molar-refractivity contribution >= 4 is 0 Å². The first-order valence-corrected chi connectivity index (χ1v) is 5.66. The molecule has 0 amide bonds. The second-order valence-electron chi connectivity index (χ2n) is 3.90. The summed E-state index contributed by atoms with van der Waals surface area (Å²) >= 11 is 0. The van der Waals surface area contributed by atoms with Crippen LogP contribution in [-0.4, -0.2) is 37.1 Å². The molecule has 0 aliphatic heterocycles. The maximum Gasteiger partial charge on any atom is 0.0107 e. The van der Waals surface area contributed by atoms with Crippen LogP contribution in [0.2, 0.25) is 0 Å². The molecule has 0 fully saturated rings. The Balaban J connectivity index is 3.36. The van der Waals surface area contributed by atoms with Gasteiger partial charge in [0.25, 0.3) is 0 Å². The summed E-state index contributed by atoms with van der Waals surface area (Å²) in [5.74, 6) is 0. The van der Waals surface area contributed by atoms with Crippen LogP contribution in [0, 0.1) is 0 Å². The fraction of sp³-hybridized carbons (Fsp3) is 1.00. The molecule has 0 heterocycles. The van der Waals surface area contributed by atoms with E-state index in [-0.39, 0.29) is 0 Å². The molecule has 0 saturated carbocycles. The van der Waals surface area contributed by atoms with Crippen molar-refractivity contribution in [2.45, 2.75) is 46.6 Å². The number of hydrogen-bond acceptors (Lipinski definition) is 2. The van der Waals surface area contributed by atoms with Gasteiger partial charge in [-0.1, -0.05) is 34.1 Å². The third kappa shape index (κ3) is 8.26. The lowest BCUT2D eigenvalue weighted by Crippen LogP contribution is -2.35. The SMILES string of the molecule is CCCCN(CC)CCNC(C)C. The summed E-state index contributed by atoms with van der Waals surface area (Å²) in [5, 5.41) is 3.45. The summed E-state index contributed by atoms with van der Waals surface area (Å²) in [5.41, 5.74) is 0. The maximum absolute atomic E-state index is 3.45. The van der Waals surface area contributed by atoms with E-state index in [1.165, 1.54) is 32.5 Å². The van der Waals surface area contributed by atoms with Crippen LogP contribution < -0.4 is 5.32 Å². The Kier molecular flexibility index (Phi) is 8.46. The van der Waals surface area contributed by atoms with E-state index in [4.69, 9.17) is 0 Å². The molecule has 1 N–H and O–H groups in total. The van der Waals surface area contributed by atoms with E-state index >= 15 is 0 Å². The van der Waals surface area contributed by atoms with Crippen LogP contribution in [0.5, 0.6) is 0 Å². The van der Waals surface area contributed by atoms with E-state index in [1.807, 2.05) is 0 Å². The van der Waals surface area contributed by atoms with Crippen LogP contribution in [0.4, 0.5) is 0 Å². The fourth-order valence-electron chi connectivity index (χ4n) is 1.32. The molecule has 80 valence electrons. The Morgan fingerprint density at radius 2 is 1.85 bits per heavy atom. The molecule has 13 heavy (non-hydrogen) atoms. The van der Waals surface area contributed by atoms with Crippen LogP contribution in [0.25, 0.3) is 0 Å². The highest BCUT2D eigenvalue weighted by Gasteiger charge is 2.00. The van der Waals surface area contributed by atoms with Crippen LogP contribution in [0.1, 0.15) is 40.5 Å². The largest absolute Gasteiger partial charge is 0.313 e. The van der Waals surface area contributed by atoms with Gasteiger partial charge in [0.05, 0.1) is 0 Å². The average Bonchev–Trinajstić information content (AvgIpc) is 2.10. The van der Waals surface area contributed by atoms with Gasteiger partial charge in [0.15, 0.2) is 0 Å². The molecule has 0 saturated heterocycles. The second kappa shape index (κ2) is 8.52. The fourth-order valence-corrected chi connectivity index (χ4v) is 1.32. The third-order valence-corrected chi connectivity index (χ3v) is 2.26. The Morgan fingerprint density at radius 1 is 1.15 bits per heavy atom. The lowest BCUT2D eigenvalue weighted by molar-refractivity contribution is 0.280. The van der Waals surface area contributed by atoms with Crippen LogP contribution in [0.15, 0.2) is 0 Å². The molecule has 0 aromatic heterocycles. The Morgan fingerprint density at radius 3 is 2.31 bits per heavy atom. The molecule has 0 rings (SSSR count). The maximum atomic E-state index is 3.45. The average molecular weight is 186 g/mol. The monoisotopic (exact) mass is 186 g/mol. The third-order valence-electron chi connectivity index (χ3n) is 2.26. The first kappa shape index (κ1) is 12.9. The Labute approximate surface area is 83.7 Å². The van der Waals surface area contributed by atoms with Crippen molar-refractivity contribution < 1.29 is 0 Å². The van der Waals surface area contributed by atoms with Gasteiger partial charge in [-0.3, -0.25) is 0 Å². The molecule has 0 aliphatic rings. The molecular formula is C11H26N2. The first-order chi connectivity index (χ1) is 6.20. The minimum Gasteiger partial charge on any atom is -0.313 e. The van der Waals surface area contributed by atoms with Gasteiger partial charge in [-0.25, -0.2) is 0 Å². The summed E-state index contributed by atoms with van der Waals surface area (Å²) < 4.78 is 0. The Bertz CT molecular complexity index is 102. The van der Waals surface area contributed by atoms with Gasteiger partial charge < -0.3 is 10.2 Å². The minimum atomic E-state index is 0.616. The number of nitrogens with one attached hydrogen (secondary N) is 1. The van der Waals surface area contributed by atoms with Crippen molar-refractivity contribution in [2.75, 3.05) is 26.2 Å². The molecule has 0 unspecified atom stereocenters. The zero-order valence-electron chi connectivity index (χ0n) is 9.77. The van der Waals surface area contributed by atoms with E-state index in [9.17, 15) is 0 Å². The summed E-state index contributed by atoms with van der Waals surface area (Å²) in [7, 11) is 0. The smallest absolute Gasteiger partial charge is 0.0107 e. The normalized spacial score (nSPS) is 11.5. The number of likely N-dealkylation sites (N-methyl/N-ethyl adjacent to an activating group) is 1. The van der Waals surface area contributed by atoms with E-state index in [0.29, 0.717) is 6.04 Å². The van der Waals surface area contributed by atoms with E-state index < -0.39 is 0 Å². The molecule has 0 aromatic carbocycles. The van der Waals surface area contributed by atoms with Crippen molar-refractivity contribution in [3.63, 3.8) is 0 Å². The molecule has 0 atom stereocenters. The van der Waals surface area contributed by atoms with Crippen molar-refractivity contribution in [1.29, 1.82) is 0 Å². The molecule has 2 nitrogen and oxygen atoms in total. The predicted octanol–water partition coefficient (Wildman–Crippen LogP) is 2.11. The minimum absolute atomic E-state index is 0.616. The van der Waals surface area contributed by atoms with Gasteiger partial charge >= 0.3 is 0 Å². The molecular weight excluding hydrogens is 160 g/mol. The number of hydrogen-bond donors (Lipinski definition) is 1.